The molecular weight excluding hydrogens is 292 g/mol. The maximum absolute atomic E-state index is 12.1. The van der Waals surface area contributed by atoms with Crippen LogP contribution in [0.5, 0.6) is 0 Å². The SMILES string of the molecule is CC(C)(CCO)CNC(=O)c1cnc(-c2cccs2)s1. The summed E-state index contributed by atoms with van der Waals surface area (Å²) in [4.78, 5) is 18.1. The molecule has 2 N–H and O–H groups in total. The van der Waals surface area contributed by atoms with Gasteiger partial charge in [-0.2, -0.15) is 0 Å². The molecule has 20 heavy (non-hydrogen) atoms. The van der Waals surface area contributed by atoms with Gasteiger partial charge in [-0.3, -0.25) is 4.79 Å². The first-order chi connectivity index (χ1) is 9.52. The Hall–Kier alpha value is -1.24. The highest BCUT2D eigenvalue weighted by Crippen LogP contribution is 2.29. The van der Waals surface area contributed by atoms with E-state index in [9.17, 15) is 4.79 Å². The second kappa shape index (κ2) is 6.47. The lowest BCUT2D eigenvalue weighted by Crippen LogP contribution is -2.34. The Bertz CT molecular complexity index is 562. The summed E-state index contributed by atoms with van der Waals surface area (Å²) in [7, 11) is 0. The Morgan fingerprint density at radius 1 is 1.50 bits per heavy atom. The van der Waals surface area contributed by atoms with Crippen LogP contribution in [0, 0.1) is 5.41 Å². The fourth-order valence-electron chi connectivity index (χ4n) is 1.69. The number of carbonyl (C=O) groups is 1. The van der Waals surface area contributed by atoms with Gasteiger partial charge in [0, 0.05) is 13.2 Å². The number of aliphatic hydroxyl groups is 1. The van der Waals surface area contributed by atoms with E-state index in [4.69, 9.17) is 5.11 Å². The van der Waals surface area contributed by atoms with E-state index in [0.717, 1.165) is 9.88 Å². The predicted octanol–water partition coefficient (Wildman–Crippen LogP) is 3.01. The van der Waals surface area contributed by atoms with Crippen molar-refractivity contribution in [2.45, 2.75) is 20.3 Å². The standard InChI is InChI=1S/C14H18N2O2S2/c1-14(2,5-6-17)9-16-12(18)11-8-15-13(20-11)10-4-3-7-19-10/h3-4,7-8,17H,5-6,9H2,1-2H3,(H,16,18). The van der Waals surface area contributed by atoms with Crippen molar-refractivity contribution < 1.29 is 9.90 Å². The van der Waals surface area contributed by atoms with Gasteiger partial charge in [-0.1, -0.05) is 19.9 Å². The topological polar surface area (TPSA) is 62.2 Å². The van der Waals surface area contributed by atoms with Crippen molar-refractivity contribution in [2.24, 2.45) is 5.41 Å². The number of nitrogens with one attached hydrogen (secondary N) is 1. The molecule has 0 unspecified atom stereocenters. The molecule has 0 saturated heterocycles. The van der Waals surface area contributed by atoms with E-state index in [0.29, 0.717) is 17.8 Å². The van der Waals surface area contributed by atoms with Crippen LogP contribution in [0.3, 0.4) is 0 Å². The summed E-state index contributed by atoms with van der Waals surface area (Å²) in [6, 6.07) is 3.97. The first kappa shape index (κ1) is 15.2. The molecule has 4 nitrogen and oxygen atoms in total. The lowest BCUT2D eigenvalue weighted by atomic mass is 9.90. The quantitative estimate of drug-likeness (QED) is 0.862. The van der Waals surface area contributed by atoms with Crippen LogP contribution in [0.15, 0.2) is 23.7 Å². The average Bonchev–Trinajstić information content (AvgIpc) is 3.06. The average molecular weight is 310 g/mol. The third-order valence-corrected chi connectivity index (χ3v) is 5.01. The zero-order valence-electron chi connectivity index (χ0n) is 11.5. The van der Waals surface area contributed by atoms with Crippen LogP contribution in [-0.2, 0) is 0 Å². The molecule has 2 heterocycles. The van der Waals surface area contributed by atoms with Crippen LogP contribution in [-0.4, -0.2) is 29.1 Å². The second-order valence-electron chi connectivity index (χ2n) is 5.33. The van der Waals surface area contributed by atoms with Crippen molar-refractivity contribution in [3.63, 3.8) is 0 Å². The summed E-state index contributed by atoms with van der Waals surface area (Å²) < 4.78 is 0. The first-order valence-electron chi connectivity index (χ1n) is 6.40. The van der Waals surface area contributed by atoms with Crippen molar-refractivity contribution in [1.82, 2.24) is 10.3 Å². The molecule has 2 aromatic rings. The molecular formula is C14H18N2O2S2. The number of thiophene rings is 1. The minimum atomic E-state index is -0.105. The molecule has 0 aliphatic rings. The molecule has 2 rings (SSSR count). The predicted molar refractivity (Wildman–Crippen MR) is 83.2 cm³/mol. The molecule has 0 fully saturated rings. The van der Waals surface area contributed by atoms with Crippen LogP contribution >= 0.6 is 22.7 Å². The number of nitrogens with zero attached hydrogens (tertiary/aromatic N) is 1. The van der Waals surface area contributed by atoms with Crippen LogP contribution < -0.4 is 5.32 Å². The summed E-state index contributed by atoms with van der Waals surface area (Å²) in [6.07, 6.45) is 2.28. The Morgan fingerprint density at radius 2 is 2.30 bits per heavy atom. The van der Waals surface area contributed by atoms with Gasteiger partial charge in [0.25, 0.3) is 5.91 Å². The summed E-state index contributed by atoms with van der Waals surface area (Å²) in [5.41, 5.74) is -0.105. The van der Waals surface area contributed by atoms with Crippen molar-refractivity contribution in [3.8, 4) is 9.88 Å². The van der Waals surface area contributed by atoms with E-state index in [1.54, 1.807) is 17.5 Å². The molecule has 0 spiro atoms. The van der Waals surface area contributed by atoms with Gasteiger partial charge in [0.05, 0.1) is 11.1 Å². The van der Waals surface area contributed by atoms with Gasteiger partial charge in [0.15, 0.2) is 0 Å². The number of hydrogen-bond donors (Lipinski definition) is 2. The number of aromatic nitrogens is 1. The molecule has 0 bridgehead atoms. The second-order valence-corrected chi connectivity index (χ2v) is 7.31. The summed E-state index contributed by atoms with van der Waals surface area (Å²) >= 11 is 3.01. The fourth-order valence-corrected chi connectivity index (χ4v) is 3.33. The highest BCUT2D eigenvalue weighted by atomic mass is 32.1. The Morgan fingerprint density at radius 3 is 2.95 bits per heavy atom. The smallest absolute Gasteiger partial charge is 0.263 e. The van der Waals surface area contributed by atoms with Crippen LogP contribution in [0.1, 0.15) is 29.9 Å². The van der Waals surface area contributed by atoms with Gasteiger partial charge < -0.3 is 10.4 Å². The molecule has 1 amide bonds. The summed E-state index contributed by atoms with van der Waals surface area (Å²) in [6.45, 7) is 4.71. The molecule has 0 saturated carbocycles. The van der Waals surface area contributed by atoms with E-state index in [2.05, 4.69) is 10.3 Å². The molecule has 6 heteroatoms. The summed E-state index contributed by atoms with van der Waals surface area (Å²) in [5, 5.41) is 14.7. The number of hydrogen-bond acceptors (Lipinski definition) is 5. The third kappa shape index (κ3) is 3.88. The minimum Gasteiger partial charge on any atom is -0.396 e. The molecule has 0 radical (unpaired) electrons. The largest absolute Gasteiger partial charge is 0.396 e. The Balaban J connectivity index is 1.97. The highest BCUT2D eigenvalue weighted by molar-refractivity contribution is 7.21. The molecule has 0 aliphatic heterocycles. The van der Waals surface area contributed by atoms with Gasteiger partial charge in [0.1, 0.15) is 9.88 Å². The number of carbonyl (C=O) groups excluding carboxylic acids is 1. The minimum absolute atomic E-state index is 0.101. The lowest BCUT2D eigenvalue weighted by Gasteiger charge is -2.23. The Kier molecular flexibility index (Phi) is 4.91. The van der Waals surface area contributed by atoms with E-state index in [1.807, 2.05) is 31.4 Å². The van der Waals surface area contributed by atoms with Gasteiger partial charge in [-0.05, 0) is 23.3 Å². The fraction of sp³-hybridized carbons (Fsp3) is 0.429. The van der Waals surface area contributed by atoms with E-state index in [-0.39, 0.29) is 17.9 Å². The van der Waals surface area contributed by atoms with Gasteiger partial charge in [0.2, 0.25) is 0 Å². The van der Waals surface area contributed by atoms with Crippen LogP contribution in [0.25, 0.3) is 9.88 Å². The van der Waals surface area contributed by atoms with Crippen molar-refractivity contribution >= 4 is 28.6 Å². The van der Waals surface area contributed by atoms with Crippen molar-refractivity contribution in [1.29, 1.82) is 0 Å². The zero-order valence-corrected chi connectivity index (χ0v) is 13.2. The van der Waals surface area contributed by atoms with E-state index in [1.165, 1.54) is 11.3 Å². The maximum atomic E-state index is 12.1. The van der Waals surface area contributed by atoms with Gasteiger partial charge in [-0.15, -0.1) is 22.7 Å². The van der Waals surface area contributed by atoms with E-state index < -0.39 is 0 Å². The maximum Gasteiger partial charge on any atom is 0.263 e. The van der Waals surface area contributed by atoms with Crippen molar-refractivity contribution in [2.75, 3.05) is 13.2 Å². The molecule has 108 valence electrons. The molecule has 0 aliphatic carbocycles. The molecule has 0 atom stereocenters. The number of amides is 1. The van der Waals surface area contributed by atoms with Crippen molar-refractivity contribution in [3.05, 3.63) is 28.6 Å². The van der Waals surface area contributed by atoms with Crippen LogP contribution in [0.4, 0.5) is 0 Å². The normalized spacial score (nSPS) is 11.6. The molecule has 0 aromatic carbocycles. The third-order valence-electron chi connectivity index (χ3n) is 2.98. The monoisotopic (exact) mass is 310 g/mol. The number of rotatable bonds is 6. The Labute approximate surface area is 126 Å². The van der Waals surface area contributed by atoms with Gasteiger partial charge in [-0.25, -0.2) is 4.98 Å². The first-order valence-corrected chi connectivity index (χ1v) is 8.10. The lowest BCUT2D eigenvalue weighted by molar-refractivity contribution is 0.0932. The summed E-state index contributed by atoms with van der Waals surface area (Å²) in [5.74, 6) is -0.101. The number of thiazole rings is 1. The molecule has 2 aromatic heterocycles. The highest BCUT2D eigenvalue weighted by Gasteiger charge is 2.19. The number of aliphatic hydroxyl groups excluding tert-OH is 1. The van der Waals surface area contributed by atoms with Crippen LogP contribution in [0.2, 0.25) is 0 Å². The zero-order chi connectivity index (χ0) is 14.6. The van der Waals surface area contributed by atoms with Gasteiger partial charge >= 0.3 is 0 Å². The van der Waals surface area contributed by atoms with E-state index >= 15 is 0 Å².